The van der Waals surface area contributed by atoms with Crippen molar-refractivity contribution in [2.75, 3.05) is 6.26 Å². The smallest absolute Gasteiger partial charge is 0.193 e. The normalized spacial score (nSPS) is 12.9. The van der Waals surface area contributed by atoms with Crippen LogP contribution in [0.3, 0.4) is 0 Å². The molecule has 0 spiro atoms. The molecule has 0 fully saturated rings. The Hall–Kier alpha value is -1.30. The Bertz CT molecular complexity index is 661. The van der Waals surface area contributed by atoms with Crippen LogP contribution in [-0.4, -0.2) is 20.7 Å². The second kappa shape index (κ2) is 5.36. The third kappa shape index (κ3) is 2.54. The molecule has 3 rings (SSSR count). The van der Waals surface area contributed by atoms with E-state index in [1.807, 2.05) is 52.7 Å². The molecule has 2 aromatic heterocycles. The number of fused-ring (bicyclic) bond motifs is 1. The molecule has 1 aromatic carbocycles. The molecule has 1 unspecified atom stereocenters. The van der Waals surface area contributed by atoms with E-state index in [2.05, 4.69) is 4.98 Å². The van der Waals surface area contributed by atoms with E-state index < -0.39 is 6.10 Å². The standard InChI is InChI=1S/C14H14N2OS2/c1-18-13-5-3-2-4-11(13)12(17)8-10-9-16-6-7-19-14(16)15-10/h2-7,9,12,17H,8H2,1H3. The Morgan fingerprint density at radius 1 is 1.42 bits per heavy atom. The van der Waals surface area contributed by atoms with Gasteiger partial charge in [-0.15, -0.1) is 23.1 Å². The lowest BCUT2D eigenvalue weighted by Gasteiger charge is -2.13. The molecular formula is C14H14N2OS2. The molecule has 1 N–H and O–H groups in total. The van der Waals surface area contributed by atoms with Gasteiger partial charge in [-0.2, -0.15) is 0 Å². The van der Waals surface area contributed by atoms with E-state index >= 15 is 0 Å². The van der Waals surface area contributed by atoms with Gasteiger partial charge >= 0.3 is 0 Å². The van der Waals surface area contributed by atoms with Crippen LogP contribution in [0.1, 0.15) is 17.4 Å². The molecule has 0 amide bonds. The van der Waals surface area contributed by atoms with Gasteiger partial charge in [0.1, 0.15) is 0 Å². The average molecular weight is 290 g/mol. The number of aliphatic hydroxyl groups excluding tert-OH is 1. The number of thiazole rings is 1. The van der Waals surface area contributed by atoms with Gasteiger partial charge in [0, 0.05) is 29.1 Å². The fourth-order valence-corrected chi connectivity index (χ4v) is 3.50. The summed E-state index contributed by atoms with van der Waals surface area (Å²) in [5, 5.41) is 12.4. The molecule has 5 heteroatoms. The first-order valence-electron chi connectivity index (χ1n) is 6.00. The van der Waals surface area contributed by atoms with Gasteiger partial charge in [-0.25, -0.2) is 4.98 Å². The predicted octanol–water partition coefficient (Wildman–Crippen LogP) is 3.39. The number of imidazole rings is 1. The summed E-state index contributed by atoms with van der Waals surface area (Å²) < 4.78 is 1.99. The maximum absolute atomic E-state index is 10.4. The number of benzene rings is 1. The molecule has 19 heavy (non-hydrogen) atoms. The van der Waals surface area contributed by atoms with Crippen molar-refractivity contribution in [2.24, 2.45) is 0 Å². The Morgan fingerprint density at radius 2 is 2.26 bits per heavy atom. The van der Waals surface area contributed by atoms with Crippen LogP contribution in [0.15, 0.2) is 46.9 Å². The van der Waals surface area contributed by atoms with Crippen LogP contribution in [0, 0.1) is 0 Å². The van der Waals surface area contributed by atoms with E-state index in [-0.39, 0.29) is 0 Å². The summed E-state index contributed by atoms with van der Waals surface area (Å²) in [6.07, 6.45) is 6.04. The molecule has 0 saturated heterocycles. The van der Waals surface area contributed by atoms with Gasteiger partial charge < -0.3 is 5.11 Å². The SMILES string of the molecule is CSc1ccccc1C(O)Cc1cn2ccsc2n1. The lowest BCUT2D eigenvalue weighted by atomic mass is 10.1. The van der Waals surface area contributed by atoms with Crippen molar-refractivity contribution in [1.29, 1.82) is 0 Å². The van der Waals surface area contributed by atoms with Crippen LogP contribution in [0.5, 0.6) is 0 Å². The van der Waals surface area contributed by atoms with Gasteiger partial charge in [0.15, 0.2) is 4.96 Å². The summed E-state index contributed by atoms with van der Waals surface area (Å²) in [6, 6.07) is 7.97. The van der Waals surface area contributed by atoms with E-state index in [4.69, 9.17) is 0 Å². The first-order valence-corrected chi connectivity index (χ1v) is 8.10. The molecule has 3 nitrogen and oxygen atoms in total. The number of hydrogen-bond donors (Lipinski definition) is 1. The van der Waals surface area contributed by atoms with Crippen molar-refractivity contribution in [2.45, 2.75) is 17.4 Å². The Kier molecular flexibility index (Phi) is 3.59. The largest absolute Gasteiger partial charge is 0.388 e. The number of aromatic nitrogens is 2. The zero-order valence-electron chi connectivity index (χ0n) is 10.5. The number of nitrogens with zero attached hydrogens (tertiary/aromatic N) is 2. The van der Waals surface area contributed by atoms with Crippen LogP contribution in [-0.2, 0) is 6.42 Å². The van der Waals surface area contributed by atoms with Crippen molar-refractivity contribution < 1.29 is 5.11 Å². The fourth-order valence-electron chi connectivity index (χ4n) is 2.12. The minimum atomic E-state index is -0.506. The van der Waals surface area contributed by atoms with E-state index in [9.17, 15) is 5.11 Å². The Morgan fingerprint density at radius 3 is 3.05 bits per heavy atom. The monoisotopic (exact) mass is 290 g/mol. The average Bonchev–Trinajstić information content (AvgIpc) is 2.99. The highest BCUT2D eigenvalue weighted by Gasteiger charge is 2.14. The van der Waals surface area contributed by atoms with Crippen LogP contribution in [0.25, 0.3) is 4.96 Å². The molecule has 0 aliphatic carbocycles. The lowest BCUT2D eigenvalue weighted by molar-refractivity contribution is 0.174. The summed E-state index contributed by atoms with van der Waals surface area (Å²) in [5.41, 5.74) is 1.90. The first-order chi connectivity index (χ1) is 9.28. The number of thioether (sulfide) groups is 1. The summed E-state index contributed by atoms with van der Waals surface area (Å²) in [6.45, 7) is 0. The number of hydrogen-bond acceptors (Lipinski definition) is 4. The summed E-state index contributed by atoms with van der Waals surface area (Å²) in [7, 11) is 0. The zero-order chi connectivity index (χ0) is 13.2. The predicted molar refractivity (Wildman–Crippen MR) is 80.0 cm³/mol. The quantitative estimate of drug-likeness (QED) is 0.748. The van der Waals surface area contributed by atoms with E-state index in [1.54, 1.807) is 23.1 Å². The molecule has 3 aromatic rings. The topological polar surface area (TPSA) is 37.5 Å². The molecule has 2 heterocycles. The molecular weight excluding hydrogens is 276 g/mol. The molecule has 0 saturated carbocycles. The summed E-state index contributed by atoms with van der Waals surface area (Å²) in [4.78, 5) is 6.60. The lowest BCUT2D eigenvalue weighted by Crippen LogP contribution is -2.03. The van der Waals surface area contributed by atoms with Gasteiger partial charge in [0.05, 0.1) is 11.8 Å². The van der Waals surface area contributed by atoms with Crippen LogP contribution in [0.4, 0.5) is 0 Å². The van der Waals surface area contributed by atoms with Crippen molar-refractivity contribution in [3.8, 4) is 0 Å². The number of rotatable bonds is 4. The van der Waals surface area contributed by atoms with Crippen LogP contribution in [0.2, 0.25) is 0 Å². The van der Waals surface area contributed by atoms with Crippen LogP contribution < -0.4 is 0 Å². The first kappa shape index (κ1) is 12.7. The highest BCUT2D eigenvalue weighted by atomic mass is 32.2. The maximum atomic E-state index is 10.4. The fraction of sp³-hybridized carbons (Fsp3) is 0.214. The minimum Gasteiger partial charge on any atom is -0.388 e. The molecule has 0 aliphatic rings. The van der Waals surface area contributed by atoms with Gasteiger partial charge in [-0.1, -0.05) is 18.2 Å². The molecule has 0 bridgehead atoms. The molecule has 1 atom stereocenters. The molecule has 0 aliphatic heterocycles. The second-order valence-electron chi connectivity index (χ2n) is 4.29. The van der Waals surface area contributed by atoms with Crippen molar-refractivity contribution in [3.63, 3.8) is 0 Å². The highest BCUT2D eigenvalue weighted by molar-refractivity contribution is 7.98. The van der Waals surface area contributed by atoms with Crippen molar-refractivity contribution >= 4 is 28.1 Å². The highest BCUT2D eigenvalue weighted by Crippen LogP contribution is 2.28. The molecule has 98 valence electrons. The second-order valence-corrected chi connectivity index (χ2v) is 6.01. The summed E-state index contributed by atoms with van der Waals surface area (Å²) >= 11 is 3.26. The molecule has 0 radical (unpaired) electrons. The van der Waals surface area contributed by atoms with E-state index in [0.29, 0.717) is 6.42 Å². The van der Waals surface area contributed by atoms with Gasteiger partial charge in [0.25, 0.3) is 0 Å². The van der Waals surface area contributed by atoms with Crippen molar-refractivity contribution in [1.82, 2.24) is 9.38 Å². The summed E-state index contributed by atoms with van der Waals surface area (Å²) in [5.74, 6) is 0. The third-order valence-corrected chi connectivity index (χ3v) is 4.63. The van der Waals surface area contributed by atoms with Crippen LogP contribution >= 0.6 is 23.1 Å². The van der Waals surface area contributed by atoms with E-state index in [0.717, 1.165) is 21.1 Å². The maximum Gasteiger partial charge on any atom is 0.193 e. The van der Waals surface area contributed by atoms with Gasteiger partial charge in [-0.05, 0) is 17.9 Å². The minimum absolute atomic E-state index is 0.506. The Labute approximate surface area is 119 Å². The zero-order valence-corrected chi connectivity index (χ0v) is 12.1. The van der Waals surface area contributed by atoms with E-state index in [1.165, 1.54) is 0 Å². The van der Waals surface area contributed by atoms with Gasteiger partial charge in [0.2, 0.25) is 0 Å². The Balaban J connectivity index is 1.84. The van der Waals surface area contributed by atoms with Gasteiger partial charge in [-0.3, -0.25) is 4.40 Å². The number of aliphatic hydroxyl groups is 1. The third-order valence-electron chi connectivity index (χ3n) is 3.04. The van der Waals surface area contributed by atoms with Crippen molar-refractivity contribution in [3.05, 3.63) is 53.3 Å².